The van der Waals surface area contributed by atoms with Crippen LogP contribution in [0.25, 0.3) is 0 Å². The van der Waals surface area contributed by atoms with Crippen LogP contribution in [0.2, 0.25) is 0 Å². The zero-order valence-electron chi connectivity index (χ0n) is 6.84. The predicted molar refractivity (Wildman–Crippen MR) is 46.4 cm³/mol. The van der Waals surface area contributed by atoms with E-state index in [1.165, 1.54) is 0 Å². The summed E-state index contributed by atoms with van der Waals surface area (Å²) in [5.74, 6) is 0. The van der Waals surface area contributed by atoms with Gasteiger partial charge in [-0.1, -0.05) is 0 Å². The van der Waals surface area contributed by atoms with Crippen molar-refractivity contribution in [3.05, 3.63) is 0 Å². The number of methoxy groups -OCH3 is 1. The van der Waals surface area contributed by atoms with E-state index in [0.29, 0.717) is 6.10 Å². The van der Waals surface area contributed by atoms with Gasteiger partial charge < -0.3 is 14.8 Å². The van der Waals surface area contributed by atoms with Crippen LogP contribution in [0.1, 0.15) is 6.42 Å². The van der Waals surface area contributed by atoms with Crippen molar-refractivity contribution < 1.29 is 9.47 Å². The van der Waals surface area contributed by atoms with Crippen LogP contribution in [0, 0.1) is 0 Å². The van der Waals surface area contributed by atoms with Gasteiger partial charge in [-0.25, -0.2) is 0 Å². The van der Waals surface area contributed by atoms with Gasteiger partial charge >= 0.3 is 0 Å². The zero-order valence-corrected chi connectivity index (χ0v) is 7.65. The molecule has 68 valence electrons. The molecule has 0 spiro atoms. The normalized spacial score (nSPS) is 24.3. The summed E-state index contributed by atoms with van der Waals surface area (Å²) < 4.78 is 10.4. The molecule has 0 aromatic rings. The highest BCUT2D eigenvalue weighted by molar-refractivity contribution is 5.85. The summed E-state index contributed by atoms with van der Waals surface area (Å²) in [5.41, 5.74) is 0. The molecule has 0 bridgehead atoms. The Morgan fingerprint density at radius 3 is 3.00 bits per heavy atom. The van der Waals surface area contributed by atoms with Gasteiger partial charge in [0.15, 0.2) is 0 Å². The van der Waals surface area contributed by atoms with E-state index in [2.05, 4.69) is 5.32 Å². The second-order valence-corrected chi connectivity index (χ2v) is 2.48. The van der Waals surface area contributed by atoms with Crippen molar-refractivity contribution >= 4 is 12.4 Å². The first-order chi connectivity index (χ1) is 4.93. The van der Waals surface area contributed by atoms with Crippen LogP contribution in [-0.4, -0.2) is 39.5 Å². The van der Waals surface area contributed by atoms with E-state index < -0.39 is 0 Å². The minimum atomic E-state index is 0. The molecule has 1 heterocycles. The second-order valence-electron chi connectivity index (χ2n) is 2.48. The molecule has 1 saturated heterocycles. The second kappa shape index (κ2) is 6.85. The van der Waals surface area contributed by atoms with Gasteiger partial charge in [0, 0.05) is 26.8 Å². The maximum Gasteiger partial charge on any atom is 0.0722 e. The molecule has 0 aromatic carbocycles. The summed E-state index contributed by atoms with van der Waals surface area (Å²) in [6.07, 6.45) is 1.37. The van der Waals surface area contributed by atoms with E-state index >= 15 is 0 Å². The lowest BCUT2D eigenvalue weighted by Gasteiger charge is -2.22. The molecule has 0 saturated carbocycles. The van der Waals surface area contributed by atoms with Gasteiger partial charge in [-0.15, -0.1) is 12.4 Å². The van der Waals surface area contributed by atoms with Crippen LogP contribution in [0.15, 0.2) is 0 Å². The van der Waals surface area contributed by atoms with Gasteiger partial charge in [0.05, 0.1) is 12.7 Å². The largest absolute Gasteiger partial charge is 0.385 e. The minimum Gasteiger partial charge on any atom is -0.385 e. The Morgan fingerprint density at radius 1 is 1.64 bits per heavy atom. The highest BCUT2D eigenvalue weighted by atomic mass is 35.5. The summed E-state index contributed by atoms with van der Waals surface area (Å²) in [5, 5.41) is 3.26. The van der Waals surface area contributed by atoms with Gasteiger partial charge in [0.25, 0.3) is 0 Å². The number of rotatable bonds is 3. The number of ether oxygens (including phenoxy) is 2. The van der Waals surface area contributed by atoms with Crippen molar-refractivity contribution in [2.75, 3.05) is 33.4 Å². The topological polar surface area (TPSA) is 30.5 Å². The molecule has 1 unspecified atom stereocenters. The van der Waals surface area contributed by atoms with E-state index in [-0.39, 0.29) is 12.4 Å². The number of hydrogen-bond acceptors (Lipinski definition) is 3. The molecule has 0 amide bonds. The van der Waals surface area contributed by atoms with Gasteiger partial charge in [-0.2, -0.15) is 0 Å². The quantitative estimate of drug-likeness (QED) is 0.685. The molecule has 0 aromatic heterocycles. The average molecular weight is 182 g/mol. The monoisotopic (exact) mass is 181 g/mol. The van der Waals surface area contributed by atoms with Crippen molar-refractivity contribution in [3.63, 3.8) is 0 Å². The SMILES string of the molecule is COCCC1CNCCO1.Cl. The fraction of sp³-hybridized carbons (Fsp3) is 1.00. The Kier molecular flexibility index (Phi) is 6.96. The molecule has 0 radical (unpaired) electrons. The van der Waals surface area contributed by atoms with E-state index in [0.717, 1.165) is 32.7 Å². The predicted octanol–water partition coefficient (Wildman–Crippen LogP) is 0.433. The standard InChI is InChI=1S/C7H15NO2.ClH/c1-9-4-2-7-6-8-3-5-10-7;/h7-8H,2-6H2,1H3;1H. The lowest BCUT2D eigenvalue weighted by atomic mass is 10.2. The summed E-state index contributed by atoms with van der Waals surface area (Å²) in [7, 11) is 1.72. The van der Waals surface area contributed by atoms with Crippen LogP contribution in [0.5, 0.6) is 0 Å². The van der Waals surface area contributed by atoms with Gasteiger partial charge in [-0.05, 0) is 6.42 Å². The smallest absolute Gasteiger partial charge is 0.0722 e. The van der Waals surface area contributed by atoms with Crippen molar-refractivity contribution in [1.29, 1.82) is 0 Å². The summed E-state index contributed by atoms with van der Waals surface area (Å²) in [6.45, 7) is 3.60. The Labute approximate surface area is 73.9 Å². The molecular formula is C7H16ClNO2. The molecule has 11 heavy (non-hydrogen) atoms. The van der Waals surface area contributed by atoms with Crippen molar-refractivity contribution in [1.82, 2.24) is 5.32 Å². The lowest BCUT2D eigenvalue weighted by molar-refractivity contribution is 0.00896. The van der Waals surface area contributed by atoms with Gasteiger partial charge in [-0.3, -0.25) is 0 Å². The van der Waals surface area contributed by atoms with E-state index in [9.17, 15) is 0 Å². The summed E-state index contributed by atoms with van der Waals surface area (Å²) >= 11 is 0. The molecule has 1 aliphatic rings. The Hall–Kier alpha value is 0.170. The van der Waals surface area contributed by atoms with E-state index in [1.807, 2.05) is 0 Å². The third-order valence-corrected chi connectivity index (χ3v) is 1.65. The van der Waals surface area contributed by atoms with Gasteiger partial charge in [0.2, 0.25) is 0 Å². The summed E-state index contributed by atoms with van der Waals surface area (Å²) in [6, 6.07) is 0. The fourth-order valence-electron chi connectivity index (χ4n) is 1.05. The van der Waals surface area contributed by atoms with Crippen molar-refractivity contribution in [3.8, 4) is 0 Å². The van der Waals surface area contributed by atoms with Crippen molar-refractivity contribution in [2.45, 2.75) is 12.5 Å². The maximum atomic E-state index is 5.44. The zero-order chi connectivity index (χ0) is 7.23. The molecule has 0 aliphatic carbocycles. The minimum absolute atomic E-state index is 0. The molecule has 4 heteroatoms. The highest BCUT2D eigenvalue weighted by Crippen LogP contribution is 2.00. The molecule has 1 fully saturated rings. The Morgan fingerprint density at radius 2 is 2.45 bits per heavy atom. The van der Waals surface area contributed by atoms with Crippen LogP contribution in [-0.2, 0) is 9.47 Å². The molecule has 1 rings (SSSR count). The Balaban J connectivity index is 0.000001000. The van der Waals surface area contributed by atoms with E-state index in [1.54, 1.807) is 7.11 Å². The first kappa shape index (κ1) is 11.2. The third-order valence-electron chi connectivity index (χ3n) is 1.65. The molecule has 1 atom stereocenters. The highest BCUT2D eigenvalue weighted by Gasteiger charge is 2.11. The third kappa shape index (κ3) is 4.58. The van der Waals surface area contributed by atoms with Crippen LogP contribution in [0.4, 0.5) is 0 Å². The van der Waals surface area contributed by atoms with Crippen molar-refractivity contribution in [2.24, 2.45) is 0 Å². The Bertz CT molecular complexity index is 86.5. The number of halogens is 1. The van der Waals surface area contributed by atoms with Crippen LogP contribution in [0.3, 0.4) is 0 Å². The van der Waals surface area contributed by atoms with Crippen LogP contribution >= 0.6 is 12.4 Å². The van der Waals surface area contributed by atoms with Crippen LogP contribution < -0.4 is 5.32 Å². The number of morpholine rings is 1. The molecule has 1 N–H and O–H groups in total. The fourth-order valence-corrected chi connectivity index (χ4v) is 1.05. The first-order valence-electron chi connectivity index (χ1n) is 3.74. The summed E-state index contributed by atoms with van der Waals surface area (Å²) in [4.78, 5) is 0. The lowest BCUT2D eigenvalue weighted by Crippen LogP contribution is -2.38. The molecule has 3 nitrogen and oxygen atoms in total. The molecular weight excluding hydrogens is 166 g/mol. The van der Waals surface area contributed by atoms with Gasteiger partial charge in [0.1, 0.15) is 0 Å². The first-order valence-corrected chi connectivity index (χ1v) is 3.74. The average Bonchev–Trinajstić information content (AvgIpc) is 2.03. The number of hydrogen-bond donors (Lipinski definition) is 1. The molecule has 1 aliphatic heterocycles. The van der Waals surface area contributed by atoms with E-state index in [4.69, 9.17) is 9.47 Å². The number of nitrogens with one attached hydrogen (secondary N) is 1. The maximum absolute atomic E-state index is 5.44.